The Bertz CT molecular complexity index is 820. The third-order valence-electron chi connectivity index (χ3n) is 3.50. The van der Waals surface area contributed by atoms with Crippen molar-refractivity contribution in [2.45, 2.75) is 13.8 Å². The molecule has 2 rings (SSSR count). The van der Waals surface area contributed by atoms with Gasteiger partial charge in [-0.2, -0.15) is 0 Å². The molecule has 6 nitrogen and oxygen atoms in total. The van der Waals surface area contributed by atoms with Crippen molar-refractivity contribution in [3.8, 4) is 0 Å². The van der Waals surface area contributed by atoms with Gasteiger partial charge < -0.3 is 10.1 Å². The molecule has 0 radical (unpaired) electrons. The number of esters is 1. The highest BCUT2D eigenvalue weighted by Crippen LogP contribution is 2.17. The summed E-state index contributed by atoms with van der Waals surface area (Å²) in [7, 11) is 0. The molecular formula is C18H17FN2O4. The van der Waals surface area contributed by atoms with Crippen molar-refractivity contribution in [1.82, 2.24) is 5.32 Å². The Balaban J connectivity index is 1.84. The van der Waals surface area contributed by atoms with Gasteiger partial charge in [-0.25, -0.2) is 14.0 Å². The molecule has 2 N–H and O–H groups in total. The van der Waals surface area contributed by atoms with Gasteiger partial charge in [-0.15, -0.1) is 0 Å². The van der Waals surface area contributed by atoms with Crippen LogP contribution in [0.3, 0.4) is 0 Å². The standard InChI is InChI=1S/C18H17FN2O4/c1-11-5-3-8-15(12(11)2)20-18(24)21-16(22)10-25-17(23)13-6-4-7-14(19)9-13/h3-9H,10H2,1-2H3,(H2,20,21,22,24). The van der Waals surface area contributed by atoms with Gasteiger partial charge in [-0.1, -0.05) is 18.2 Å². The fourth-order valence-electron chi connectivity index (χ4n) is 2.03. The maximum Gasteiger partial charge on any atom is 0.338 e. The number of benzene rings is 2. The average molecular weight is 344 g/mol. The van der Waals surface area contributed by atoms with Gasteiger partial charge in [0.1, 0.15) is 5.82 Å². The fourth-order valence-corrected chi connectivity index (χ4v) is 2.03. The van der Waals surface area contributed by atoms with Crippen LogP contribution in [-0.2, 0) is 9.53 Å². The molecule has 0 spiro atoms. The van der Waals surface area contributed by atoms with Crippen LogP contribution in [0.1, 0.15) is 21.5 Å². The maximum atomic E-state index is 13.0. The van der Waals surface area contributed by atoms with E-state index in [1.807, 2.05) is 19.9 Å². The molecule has 7 heteroatoms. The van der Waals surface area contributed by atoms with Crippen molar-refractivity contribution < 1.29 is 23.5 Å². The first-order valence-electron chi connectivity index (χ1n) is 7.46. The van der Waals surface area contributed by atoms with Gasteiger partial charge in [0.2, 0.25) is 0 Å². The number of halogens is 1. The second kappa shape index (κ2) is 8.05. The summed E-state index contributed by atoms with van der Waals surface area (Å²) >= 11 is 0. The van der Waals surface area contributed by atoms with Crippen molar-refractivity contribution in [2.75, 3.05) is 11.9 Å². The highest BCUT2D eigenvalue weighted by atomic mass is 19.1. The van der Waals surface area contributed by atoms with Crippen LogP contribution in [-0.4, -0.2) is 24.5 Å². The van der Waals surface area contributed by atoms with Gasteiger partial charge in [-0.05, 0) is 49.2 Å². The van der Waals surface area contributed by atoms with E-state index in [0.717, 1.165) is 17.2 Å². The zero-order chi connectivity index (χ0) is 18.4. The van der Waals surface area contributed by atoms with E-state index in [0.29, 0.717) is 5.69 Å². The molecule has 3 amide bonds. The predicted octanol–water partition coefficient (Wildman–Crippen LogP) is 2.95. The van der Waals surface area contributed by atoms with Crippen LogP contribution in [0.15, 0.2) is 42.5 Å². The van der Waals surface area contributed by atoms with Gasteiger partial charge in [0, 0.05) is 5.69 Å². The van der Waals surface area contributed by atoms with Crippen LogP contribution in [0, 0.1) is 19.7 Å². The molecule has 25 heavy (non-hydrogen) atoms. The quantitative estimate of drug-likeness (QED) is 0.835. The molecule has 0 fully saturated rings. The number of amides is 3. The van der Waals surface area contributed by atoms with Crippen LogP contribution in [0.2, 0.25) is 0 Å². The molecule has 0 atom stereocenters. The molecule has 0 saturated carbocycles. The van der Waals surface area contributed by atoms with E-state index in [4.69, 9.17) is 4.74 Å². The van der Waals surface area contributed by atoms with Crippen molar-refractivity contribution in [2.24, 2.45) is 0 Å². The molecule has 0 saturated heterocycles. The van der Waals surface area contributed by atoms with Gasteiger partial charge >= 0.3 is 12.0 Å². The van der Waals surface area contributed by atoms with Gasteiger partial charge in [-0.3, -0.25) is 10.1 Å². The topological polar surface area (TPSA) is 84.5 Å². The molecule has 0 unspecified atom stereocenters. The van der Waals surface area contributed by atoms with E-state index < -0.39 is 30.3 Å². The highest BCUT2D eigenvalue weighted by Gasteiger charge is 2.13. The Labute approximate surface area is 144 Å². The molecule has 0 aromatic heterocycles. The van der Waals surface area contributed by atoms with E-state index >= 15 is 0 Å². The first-order chi connectivity index (χ1) is 11.9. The first kappa shape index (κ1) is 18.1. The number of hydrogen-bond donors (Lipinski definition) is 2. The summed E-state index contributed by atoms with van der Waals surface area (Å²) in [4.78, 5) is 35.2. The maximum absolute atomic E-state index is 13.0. The zero-order valence-corrected chi connectivity index (χ0v) is 13.8. The number of aryl methyl sites for hydroxylation is 1. The van der Waals surface area contributed by atoms with Crippen molar-refractivity contribution in [3.05, 3.63) is 65.0 Å². The van der Waals surface area contributed by atoms with Crippen molar-refractivity contribution >= 4 is 23.6 Å². The average Bonchev–Trinajstić information content (AvgIpc) is 2.56. The lowest BCUT2D eigenvalue weighted by Gasteiger charge is -2.11. The third kappa shape index (κ3) is 5.13. The lowest BCUT2D eigenvalue weighted by molar-refractivity contribution is -0.123. The predicted molar refractivity (Wildman–Crippen MR) is 89.8 cm³/mol. The second-order valence-electron chi connectivity index (χ2n) is 5.34. The number of anilines is 1. The summed E-state index contributed by atoms with van der Waals surface area (Å²) in [5.41, 5.74) is 2.42. The molecule has 0 heterocycles. The molecule has 2 aromatic rings. The Kier molecular flexibility index (Phi) is 5.84. The van der Waals surface area contributed by atoms with Crippen molar-refractivity contribution in [3.63, 3.8) is 0 Å². The van der Waals surface area contributed by atoms with Crippen molar-refractivity contribution in [1.29, 1.82) is 0 Å². The van der Waals surface area contributed by atoms with E-state index in [1.165, 1.54) is 18.2 Å². The minimum absolute atomic E-state index is 0.0207. The van der Waals surface area contributed by atoms with E-state index in [9.17, 15) is 18.8 Å². The van der Waals surface area contributed by atoms with Gasteiger partial charge in [0.15, 0.2) is 6.61 Å². The SMILES string of the molecule is Cc1cccc(NC(=O)NC(=O)COC(=O)c2cccc(F)c2)c1C. The van der Waals surface area contributed by atoms with Crippen LogP contribution < -0.4 is 10.6 Å². The molecule has 0 aliphatic carbocycles. The molecule has 0 aliphatic heterocycles. The Morgan fingerprint density at radius 1 is 1.08 bits per heavy atom. The summed E-state index contributed by atoms with van der Waals surface area (Å²) < 4.78 is 17.8. The number of rotatable bonds is 4. The van der Waals surface area contributed by atoms with Gasteiger partial charge in [0.25, 0.3) is 5.91 Å². The molecule has 0 aliphatic rings. The first-order valence-corrected chi connectivity index (χ1v) is 7.46. The number of imide groups is 1. The molecular weight excluding hydrogens is 327 g/mol. The highest BCUT2D eigenvalue weighted by molar-refractivity contribution is 6.02. The summed E-state index contributed by atoms with van der Waals surface area (Å²) in [6.45, 7) is 3.08. The Morgan fingerprint density at radius 2 is 1.80 bits per heavy atom. The monoisotopic (exact) mass is 344 g/mol. The van der Waals surface area contributed by atoms with E-state index in [2.05, 4.69) is 10.6 Å². The lowest BCUT2D eigenvalue weighted by atomic mass is 10.1. The third-order valence-corrected chi connectivity index (χ3v) is 3.50. The molecule has 130 valence electrons. The summed E-state index contributed by atoms with van der Waals surface area (Å²) in [6, 6.07) is 9.53. The summed E-state index contributed by atoms with van der Waals surface area (Å²) in [5.74, 6) is -2.25. The number of urea groups is 1. The smallest absolute Gasteiger partial charge is 0.338 e. The number of carbonyl (C=O) groups is 3. The van der Waals surface area contributed by atoms with E-state index in [1.54, 1.807) is 12.1 Å². The summed E-state index contributed by atoms with van der Waals surface area (Å²) in [6.07, 6.45) is 0. The number of carbonyl (C=O) groups excluding carboxylic acids is 3. The Morgan fingerprint density at radius 3 is 2.52 bits per heavy atom. The molecule has 0 bridgehead atoms. The minimum atomic E-state index is -0.857. The largest absolute Gasteiger partial charge is 0.452 e. The fraction of sp³-hybridized carbons (Fsp3) is 0.167. The normalized spacial score (nSPS) is 10.0. The van der Waals surface area contributed by atoms with Crippen LogP contribution in [0.4, 0.5) is 14.9 Å². The van der Waals surface area contributed by atoms with Crippen LogP contribution in [0.5, 0.6) is 0 Å². The lowest BCUT2D eigenvalue weighted by Crippen LogP contribution is -2.37. The second-order valence-corrected chi connectivity index (χ2v) is 5.34. The number of nitrogens with one attached hydrogen (secondary N) is 2. The van der Waals surface area contributed by atoms with E-state index in [-0.39, 0.29) is 5.56 Å². The van der Waals surface area contributed by atoms with Gasteiger partial charge in [0.05, 0.1) is 5.56 Å². The zero-order valence-electron chi connectivity index (χ0n) is 13.8. The minimum Gasteiger partial charge on any atom is -0.452 e. The van der Waals surface area contributed by atoms with Crippen LogP contribution >= 0.6 is 0 Å². The number of hydrogen-bond acceptors (Lipinski definition) is 4. The number of ether oxygens (including phenoxy) is 1. The Hall–Kier alpha value is -3.22. The summed E-state index contributed by atoms with van der Waals surface area (Å²) in [5, 5.41) is 4.60. The molecule has 2 aromatic carbocycles. The van der Waals surface area contributed by atoms with Crippen LogP contribution in [0.25, 0.3) is 0 Å².